The molecule has 0 atom stereocenters. The first-order valence-corrected chi connectivity index (χ1v) is 10.2. The molecule has 28 heavy (non-hydrogen) atoms. The van der Waals surface area contributed by atoms with E-state index in [1.54, 1.807) is 47.1 Å². The van der Waals surface area contributed by atoms with Gasteiger partial charge in [0, 0.05) is 63.1 Å². The third-order valence-electron chi connectivity index (χ3n) is 4.96. The van der Waals surface area contributed by atoms with E-state index in [0.717, 1.165) is 5.75 Å². The third-order valence-corrected chi connectivity index (χ3v) is 5.85. The molecule has 3 amide bonds. The van der Waals surface area contributed by atoms with Crippen molar-refractivity contribution in [3.8, 4) is 11.5 Å². The lowest BCUT2D eigenvalue weighted by atomic mass is 10.1. The fourth-order valence-corrected chi connectivity index (χ4v) is 4.14. The molecule has 1 aromatic carbocycles. The fourth-order valence-electron chi connectivity index (χ4n) is 3.29. The Hall–Kier alpha value is -2.42. The van der Waals surface area contributed by atoms with E-state index in [2.05, 4.69) is 0 Å². The molecule has 0 N–H and O–H groups in total. The highest BCUT2D eigenvalue weighted by molar-refractivity contribution is 8.13. The maximum absolute atomic E-state index is 12.8. The molecule has 152 valence electrons. The number of piperazine rings is 1. The molecule has 0 spiro atoms. The van der Waals surface area contributed by atoms with Gasteiger partial charge in [-0.2, -0.15) is 0 Å². The standard InChI is InChI=1S/C19H25N3O5S/c1-26-15-11-14(12-16(13-15)27-2)18(24)21-7-5-20(6-8-21)17(23)3-4-22-9-10-28-19(22)25/h11-13H,3-10H2,1-2H3. The second kappa shape index (κ2) is 9.18. The van der Waals surface area contributed by atoms with E-state index in [-0.39, 0.29) is 17.1 Å². The largest absolute Gasteiger partial charge is 0.497 e. The molecule has 0 radical (unpaired) electrons. The molecule has 0 saturated carbocycles. The van der Waals surface area contributed by atoms with Crippen LogP contribution in [0.3, 0.4) is 0 Å². The molecular formula is C19H25N3O5S. The van der Waals surface area contributed by atoms with E-state index < -0.39 is 0 Å². The highest BCUT2D eigenvalue weighted by atomic mass is 32.2. The van der Waals surface area contributed by atoms with Crippen LogP contribution in [-0.4, -0.2) is 91.0 Å². The summed E-state index contributed by atoms with van der Waals surface area (Å²) < 4.78 is 10.5. The number of nitrogens with zero attached hydrogens (tertiary/aromatic N) is 3. The quantitative estimate of drug-likeness (QED) is 0.712. The Morgan fingerprint density at radius 2 is 1.57 bits per heavy atom. The molecule has 9 heteroatoms. The van der Waals surface area contributed by atoms with Gasteiger partial charge in [0.15, 0.2) is 0 Å². The second-order valence-corrected chi connectivity index (χ2v) is 7.67. The van der Waals surface area contributed by atoms with Gasteiger partial charge in [-0.25, -0.2) is 0 Å². The molecule has 2 aliphatic heterocycles. The van der Waals surface area contributed by atoms with E-state index >= 15 is 0 Å². The van der Waals surface area contributed by atoms with Crippen molar-refractivity contribution >= 4 is 28.8 Å². The van der Waals surface area contributed by atoms with Crippen molar-refractivity contribution in [3.05, 3.63) is 23.8 Å². The Labute approximate surface area is 168 Å². The molecule has 2 saturated heterocycles. The normalized spacial score (nSPS) is 17.1. The summed E-state index contributed by atoms with van der Waals surface area (Å²) in [5.74, 6) is 1.84. The van der Waals surface area contributed by atoms with Crippen LogP contribution in [0.4, 0.5) is 4.79 Å². The first kappa shape index (κ1) is 20.3. The zero-order valence-corrected chi connectivity index (χ0v) is 17.0. The number of hydrogen-bond acceptors (Lipinski definition) is 6. The van der Waals surface area contributed by atoms with Gasteiger partial charge in [-0.05, 0) is 12.1 Å². The number of hydrogen-bond donors (Lipinski definition) is 0. The summed E-state index contributed by atoms with van der Waals surface area (Å²) in [6.45, 7) is 3.12. The number of rotatable bonds is 6. The van der Waals surface area contributed by atoms with Gasteiger partial charge in [-0.1, -0.05) is 11.8 Å². The summed E-state index contributed by atoms with van der Waals surface area (Å²) in [7, 11) is 3.09. The number of carbonyl (C=O) groups is 3. The number of benzene rings is 1. The molecule has 0 bridgehead atoms. The summed E-state index contributed by atoms with van der Waals surface area (Å²) in [6.07, 6.45) is 0.327. The minimum Gasteiger partial charge on any atom is -0.497 e. The maximum atomic E-state index is 12.8. The Balaban J connectivity index is 1.52. The van der Waals surface area contributed by atoms with Crippen LogP contribution in [-0.2, 0) is 4.79 Å². The van der Waals surface area contributed by atoms with Gasteiger partial charge in [0.25, 0.3) is 11.1 Å². The molecule has 2 aliphatic rings. The SMILES string of the molecule is COc1cc(OC)cc(C(=O)N2CCN(C(=O)CCN3CCSC3=O)CC2)c1. The summed E-state index contributed by atoms with van der Waals surface area (Å²) in [6, 6.07) is 5.10. The van der Waals surface area contributed by atoms with Crippen LogP contribution >= 0.6 is 11.8 Å². The number of thioether (sulfide) groups is 1. The van der Waals surface area contributed by atoms with Crippen LogP contribution in [0.1, 0.15) is 16.8 Å². The van der Waals surface area contributed by atoms with E-state index in [9.17, 15) is 14.4 Å². The van der Waals surface area contributed by atoms with Crippen LogP contribution in [0.2, 0.25) is 0 Å². The van der Waals surface area contributed by atoms with Gasteiger partial charge < -0.3 is 24.2 Å². The van der Waals surface area contributed by atoms with Crippen LogP contribution in [0, 0.1) is 0 Å². The fraction of sp³-hybridized carbons (Fsp3) is 0.526. The number of carbonyl (C=O) groups excluding carboxylic acids is 3. The van der Waals surface area contributed by atoms with Crippen molar-refractivity contribution in [2.45, 2.75) is 6.42 Å². The van der Waals surface area contributed by atoms with Crippen molar-refractivity contribution in [3.63, 3.8) is 0 Å². The van der Waals surface area contributed by atoms with Gasteiger partial charge in [-0.15, -0.1) is 0 Å². The molecule has 0 unspecified atom stereocenters. The molecule has 2 heterocycles. The first-order valence-electron chi connectivity index (χ1n) is 9.23. The molecule has 0 aromatic heterocycles. The topological polar surface area (TPSA) is 79.4 Å². The van der Waals surface area contributed by atoms with Crippen LogP contribution in [0.5, 0.6) is 11.5 Å². The number of methoxy groups -OCH3 is 2. The number of ether oxygens (including phenoxy) is 2. The van der Waals surface area contributed by atoms with E-state index in [4.69, 9.17) is 9.47 Å². The van der Waals surface area contributed by atoms with E-state index in [1.807, 2.05) is 0 Å². The maximum Gasteiger partial charge on any atom is 0.281 e. The van der Waals surface area contributed by atoms with Crippen molar-refractivity contribution in [2.75, 3.05) is 59.2 Å². The highest BCUT2D eigenvalue weighted by Crippen LogP contribution is 2.24. The monoisotopic (exact) mass is 407 g/mol. The average Bonchev–Trinajstić information content (AvgIpc) is 3.15. The van der Waals surface area contributed by atoms with Crippen molar-refractivity contribution in [1.29, 1.82) is 0 Å². The lowest BCUT2D eigenvalue weighted by Crippen LogP contribution is -2.51. The van der Waals surface area contributed by atoms with Gasteiger partial charge >= 0.3 is 0 Å². The lowest BCUT2D eigenvalue weighted by Gasteiger charge is -2.35. The number of amides is 3. The Morgan fingerprint density at radius 3 is 2.11 bits per heavy atom. The molecule has 3 rings (SSSR count). The Bertz CT molecular complexity index is 727. The lowest BCUT2D eigenvalue weighted by molar-refractivity contribution is -0.132. The summed E-state index contributed by atoms with van der Waals surface area (Å²) in [5, 5.41) is 0.0527. The second-order valence-electron chi connectivity index (χ2n) is 6.63. The minimum absolute atomic E-state index is 0.0276. The van der Waals surface area contributed by atoms with Crippen LogP contribution < -0.4 is 9.47 Å². The zero-order valence-electron chi connectivity index (χ0n) is 16.2. The molecule has 2 fully saturated rings. The minimum atomic E-state index is -0.107. The average molecular weight is 407 g/mol. The van der Waals surface area contributed by atoms with E-state index in [1.165, 1.54) is 11.8 Å². The molecule has 8 nitrogen and oxygen atoms in total. The van der Waals surface area contributed by atoms with Gasteiger partial charge in [0.2, 0.25) is 5.91 Å². The Morgan fingerprint density at radius 1 is 0.964 bits per heavy atom. The van der Waals surface area contributed by atoms with Crippen molar-refractivity contribution < 1.29 is 23.9 Å². The van der Waals surface area contributed by atoms with Crippen molar-refractivity contribution in [2.24, 2.45) is 0 Å². The zero-order chi connectivity index (χ0) is 20.1. The summed E-state index contributed by atoms with van der Waals surface area (Å²) >= 11 is 1.30. The van der Waals surface area contributed by atoms with Crippen LogP contribution in [0.15, 0.2) is 18.2 Å². The van der Waals surface area contributed by atoms with Crippen LogP contribution in [0.25, 0.3) is 0 Å². The van der Waals surface area contributed by atoms with Gasteiger partial charge in [-0.3, -0.25) is 14.4 Å². The predicted molar refractivity (Wildman–Crippen MR) is 106 cm³/mol. The predicted octanol–water partition coefficient (Wildman–Crippen LogP) is 1.55. The molecule has 1 aromatic rings. The van der Waals surface area contributed by atoms with Gasteiger partial charge in [0.05, 0.1) is 14.2 Å². The smallest absolute Gasteiger partial charge is 0.281 e. The van der Waals surface area contributed by atoms with Crippen molar-refractivity contribution in [1.82, 2.24) is 14.7 Å². The third kappa shape index (κ3) is 4.70. The first-order chi connectivity index (χ1) is 13.5. The highest BCUT2D eigenvalue weighted by Gasteiger charge is 2.27. The summed E-state index contributed by atoms with van der Waals surface area (Å²) in [5.41, 5.74) is 0.501. The summed E-state index contributed by atoms with van der Waals surface area (Å²) in [4.78, 5) is 42.1. The van der Waals surface area contributed by atoms with E-state index in [0.29, 0.717) is 62.8 Å². The van der Waals surface area contributed by atoms with Gasteiger partial charge in [0.1, 0.15) is 11.5 Å². The molecule has 0 aliphatic carbocycles. The molecular weight excluding hydrogens is 382 g/mol. The Kier molecular flexibility index (Phi) is 6.66.